The Morgan fingerprint density at radius 2 is 1.75 bits per heavy atom. The van der Waals surface area contributed by atoms with Crippen LogP contribution in [0.2, 0.25) is 0 Å². The summed E-state index contributed by atoms with van der Waals surface area (Å²) >= 11 is 3.33. The minimum atomic E-state index is -3.46. The largest absolute Gasteiger partial charge is 0.241 e. The van der Waals surface area contributed by atoms with Crippen LogP contribution in [0.15, 0.2) is 27.6 Å². The second-order valence-electron chi connectivity index (χ2n) is 6.78. The zero-order chi connectivity index (χ0) is 15.3. The first-order valence-corrected chi connectivity index (χ1v) is 9.03. The molecule has 0 atom stereocenters. The quantitative estimate of drug-likeness (QED) is 0.890. The Kier molecular flexibility index (Phi) is 3.85. The summed E-state index contributed by atoms with van der Waals surface area (Å²) in [4.78, 5) is 0.305. The molecule has 1 aromatic rings. The molecule has 0 saturated heterocycles. The van der Waals surface area contributed by atoms with E-state index >= 15 is 0 Å². The predicted molar refractivity (Wildman–Crippen MR) is 85.1 cm³/mol. The molecule has 0 aliphatic heterocycles. The van der Waals surface area contributed by atoms with Crippen molar-refractivity contribution in [1.82, 2.24) is 4.72 Å². The number of nitrogens with one attached hydrogen (secondary N) is 1. The summed E-state index contributed by atoms with van der Waals surface area (Å²) in [7, 11) is -3.46. The monoisotopic (exact) mass is 359 g/mol. The lowest BCUT2D eigenvalue weighted by Crippen LogP contribution is -2.27. The standard InChI is InChI=1S/C15H22BrNO2S/c1-10-6-7-12(11(16)8-10)20(18,19)17-9-13-14(2,3)15(13,4)5/h6-8,13,17H,9H2,1-5H3. The summed E-state index contributed by atoms with van der Waals surface area (Å²) in [6.07, 6.45) is 0. The molecule has 0 spiro atoms. The maximum Gasteiger partial charge on any atom is 0.241 e. The van der Waals surface area contributed by atoms with Crippen LogP contribution in [-0.4, -0.2) is 15.0 Å². The van der Waals surface area contributed by atoms with Crippen molar-refractivity contribution in [2.24, 2.45) is 16.7 Å². The summed E-state index contributed by atoms with van der Waals surface area (Å²) in [5.41, 5.74) is 1.39. The Morgan fingerprint density at radius 3 is 2.20 bits per heavy atom. The van der Waals surface area contributed by atoms with E-state index in [0.717, 1.165) is 5.56 Å². The third-order valence-electron chi connectivity index (χ3n) is 5.17. The number of rotatable bonds is 4. The van der Waals surface area contributed by atoms with Crippen molar-refractivity contribution in [3.63, 3.8) is 0 Å². The van der Waals surface area contributed by atoms with E-state index in [2.05, 4.69) is 48.3 Å². The van der Waals surface area contributed by atoms with Gasteiger partial charge in [0.25, 0.3) is 0 Å². The average molecular weight is 360 g/mol. The summed E-state index contributed by atoms with van der Waals surface area (Å²) in [5.74, 6) is 0.369. The van der Waals surface area contributed by atoms with Crippen LogP contribution < -0.4 is 4.72 Å². The first-order valence-electron chi connectivity index (χ1n) is 6.76. The molecule has 0 radical (unpaired) electrons. The highest BCUT2D eigenvalue weighted by Gasteiger charge is 2.64. The fourth-order valence-electron chi connectivity index (χ4n) is 2.94. The van der Waals surface area contributed by atoms with Crippen LogP contribution in [0.5, 0.6) is 0 Å². The second-order valence-corrected chi connectivity index (χ2v) is 9.37. The van der Waals surface area contributed by atoms with E-state index in [-0.39, 0.29) is 10.8 Å². The highest BCUT2D eigenvalue weighted by Crippen LogP contribution is 2.67. The van der Waals surface area contributed by atoms with Gasteiger partial charge in [-0.15, -0.1) is 0 Å². The SMILES string of the molecule is Cc1ccc(S(=O)(=O)NCC2C(C)(C)C2(C)C)c(Br)c1. The molecule has 0 unspecified atom stereocenters. The maximum atomic E-state index is 12.4. The number of hydrogen-bond acceptors (Lipinski definition) is 2. The average Bonchev–Trinajstić information content (AvgIpc) is 2.66. The van der Waals surface area contributed by atoms with E-state index < -0.39 is 10.0 Å². The zero-order valence-corrected chi connectivity index (χ0v) is 15.0. The van der Waals surface area contributed by atoms with Gasteiger partial charge in [0, 0.05) is 11.0 Å². The molecule has 3 nitrogen and oxygen atoms in total. The topological polar surface area (TPSA) is 46.2 Å². The van der Waals surface area contributed by atoms with Gasteiger partial charge >= 0.3 is 0 Å². The van der Waals surface area contributed by atoms with Crippen molar-refractivity contribution >= 4 is 26.0 Å². The van der Waals surface area contributed by atoms with E-state index in [4.69, 9.17) is 0 Å². The first-order chi connectivity index (χ1) is 9.00. The Labute approximate surface area is 130 Å². The van der Waals surface area contributed by atoms with Crippen LogP contribution in [0.3, 0.4) is 0 Å². The molecule has 0 amide bonds. The molecule has 1 N–H and O–H groups in total. The van der Waals surface area contributed by atoms with E-state index in [1.165, 1.54) is 0 Å². The number of hydrogen-bond donors (Lipinski definition) is 1. The van der Waals surface area contributed by atoms with Gasteiger partial charge in [0.15, 0.2) is 0 Å². The fraction of sp³-hybridized carbons (Fsp3) is 0.600. The Morgan fingerprint density at radius 1 is 1.20 bits per heavy atom. The van der Waals surface area contributed by atoms with Gasteiger partial charge < -0.3 is 0 Å². The van der Waals surface area contributed by atoms with Gasteiger partial charge in [-0.2, -0.15) is 0 Å². The highest BCUT2D eigenvalue weighted by atomic mass is 79.9. The molecule has 112 valence electrons. The molecule has 2 rings (SSSR count). The van der Waals surface area contributed by atoms with Crippen LogP contribution >= 0.6 is 15.9 Å². The molecule has 1 aliphatic carbocycles. The van der Waals surface area contributed by atoms with Crippen molar-refractivity contribution in [3.05, 3.63) is 28.2 Å². The van der Waals surface area contributed by atoms with Crippen LogP contribution in [0.4, 0.5) is 0 Å². The Bertz CT molecular complexity index is 621. The molecule has 0 aromatic heterocycles. The number of halogens is 1. The molecule has 1 aromatic carbocycles. The molecule has 0 bridgehead atoms. The predicted octanol–water partition coefficient (Wildman–Crippen LogP) is 3.72. The third-order valence-corrected chi connectivity index (χ3v) is 7.57. The van der Waals surface area contributed by atoms with Gasteiger partial charge in [0.05, 0.1) is 4.90 Å². The normalized spacial score (nSPS) is 20.9. The van der Waals surface area contributed by atoms with E-state index in [1.807, 2.05) is 19.1 Å². The summed E-state index contributed by atoms with van der Waals surface area (Å²) in [6, 6.07) is 5.27. The molecule has 1 fully saturated rings. The smallest absolute Gasteiger partial charge is 0.211 e. The highest BCUT2D eigenvalue weighted by molar-refractivity contribution is 9.10. The molecule has 1 saturated carbocycles. The zero-order valence-electron chi connectivity index (χ0n) is 12.6. The second kappa shape index (κ2) is 4.82. The van der Waals surface area contributed by atoms with Crippen LogP contribution in [0.25, 0.3) is 0 Å². The van der Waals surface area contributed by atoms with Crippen molar-refractivity contribution in [2.45, 2.75) is 39.5 Å². The van der Waals surface area contributed by atoms with Gasteiger partial charge in [-0.05, 0) is 57.3 Å². The Hall–Kier alpha value is -0.390. The minimum Gasteiger partial charge on any atom is -0.211 e. The van der Waals surface area contributed by atoms with Crippen LogP contribution in [-0.2, 0) is 10.0 Å². The van der Waals surface area contributed by atoms with Gasteiger partial charge in [-0.1, -0.05) is 33.8 Å². The van der Waals surface area contributed by atoms with Crippen LogP contribution in [0, 0.1) is 23.7 Å². The third kappa shape index (κ3) is 2.55. The maximum absolute atomic E-state index is 12.4. The van der Waals surface area contributed by atoms with Gasteiger partial charge in [0.2, 0.25) is 10.0 Å². The summed E-state index contributed by atoms with van der Waals surface area (Å²) in [5, 5.41) is 0. The first kappa shape index (κ1) is 16.0. The minimum absolute atomic E-state index is 0.181. The van der Waals surface area contributed by atoms with Gasteiger partial charge in [-0.25, -0.2) is 13.1 Å². The molecular formula is C15H22BrNO2S. The van der Waals surface area contributed by atoms with Gasteiger partial charge in [-0.3, -0.25) is 0 Å². The van der Waals surface area contributed by atoms with Gasteiger partial charge in [0.1, 0.15) is 0 Å². The van der Waals surface area contributed by atoms with E-state index in [0.29, 0.717) is 21.8 Å². The molecule has 20 heavy (non-hydrogen) atoms. The summed E-state index contributed by atoms with van der Waals surface area (Å²) < 4.78 is 28.1. The molecular weight excluding hydrogens is 338 g/mol. The number of benzene rings is 1. The van der Waals surface area contributed by atoms with Crippen molar-refractivity contribution in [3.8, 4) is 0 Å². The van der Waals surface area contributed by atoms with E-state index in [9.17, 15) is 8.42 Å². The lowest BCUT2D eigenvalue weighted by atomic mass is 10.0. The summed E-state index contributed by atoms with van der Waals surface area (Å²) in [6.45, 7) is 11.2. The van der Waals surface area contributed by atoms with Crippen molar-refractivity contribution < 1.29 is 8.42 Å². The fourth-order valence-corrected chi connectivity index (χ4v) is 5.18. The molecule has 1 aliphatic rings. The van der Waals surface area contributed by atoms with Crippen LogP contribution in [0.1, 0.15) is 33.3 Å². The molecule has 5 heteroatoms. The lowest BCUT2D eigenvalue weighted by molar-refractivity contribution is 0.457. The number of sulfonamides is 1. The molecule has 0 heterocycles. The van der Waals surface area contributed by atoms with Crippen molar-refractivity contribution in [2.75, 3.05) is 6.54 Å². The van der Waals surface area contributed by atoms with Crippen molar-refractivity contribution in [1.29, 1.82) is 0 Å². The number of aryl methyl sites for hydroxylation is 1. The van der Waals surface area contributed by atoms with E-state index in [1.54, 1.807) is 6.07 Å². The Balaban J connectivity index is 2.14. The lowest BCUT2D eigenvalue weighted by Gasteiger charge is -2.10.